The average Bonchev–Trinajstić information content (AvgIpc) is 2.35. The molecular formula is C9H26O6. The van der Waals surface area contributed by atoms with Crippen molar-refractivity contribution in [1.82, 2.24) is 0 Å². The van der Waals surface area contributed by atoms with Gasteiger partial charge in [-0.1, -0.05) is 13.3 Å². The second kappa shape index (κ2) is 37.2. The molecule has 0 aliphatic carbocycles. The van der Waals surface area contributed by atoms with Gasteiger partial charge < -0.3 is 30.6 Å². The lowest BCUT2D eigenvalue weighted by atomic mass is 10.4. The van der Waals surface area contributed by atoms with Crippen LogP contribution in [0.2, 0.25) is 0 Å². The van der Waals surface area contributed by atoms with Gasteiger partial charge in [-0.2, -0.15) is 0 Å². The zero-order chi connectivity index (χ0) is 13.1. The van der Waals surface area contributed by atoms with E-state index in [1.54, 1.807) is 0 Å². The summed E-state index contributed by atoms with van der Waals surface area (Å²) in [7, 11) is 2.00. The standard InChI is InChI=1S/C4H10O.C3H8O3.2CH4O/c1-2-3-4-5;4-1-3(6)2-5;2*1-2/h5H,2-4H2,1H3;3-6H,1-2H2;2*2H,1H3. The Bertz CT molecular complexity index is 56.6. The van der Waals surface area contributed by atoms with Crippen LogP contribution >= 0.6 is 0 Å². The number of rotatable bonds is 4. The van der Waals surface area contributed by atoms with E-state index in [1.165, 1.54) is 0 Å². The number of aliphatic hydroxyl groups is 6. The summed E-state index contributed by atoms with van der Waals surface area (Å²) in [5.74, 6) is 0. The lowest BCUT2D eigenvalue weighted by Crippen LogP contribution is -2.15. The third-order valence-corrected chi connectivity index (χ3v) is 0.933. The molecule has 0 aromatic rings. The van der Waals surface area contributed by atoms with E-state index >= 15 is 0 Å². The van der Waals surface area contributed by atoms with E-state index in [0.29, 0.717) is 6.61 Å². The maximum absolute atomic E-state index is 8.17. The molecule has 0 aliphatic rings. The SMILES string of the molecule is CCCCO.CO.CO.OCC(O)CO. The van der Waals surface area contributed by atoms with Gasteiger partial charge >= 0.3 is 0 Å². The van der Waals surface area contributed by atoms with Crippen LogP contribution < -0.4 is 0 Å². The Hall–Kier alpha value is -0.240. The molecule has 0 spiro atoms. The molecule has 6 N–H and O–H groups in total. The van der Waals surface area contributed by atoms with E-state index in [9.17, 15) is 0 Å². The second-order valence-electron chi connectivity index (χ2n) is 2.10. The number of hydrogen-bond donors (Lipinski definition) is 6. The lowest BCUT2D eigenvalue weighted by Gasteiger charge is -1.96. The maximum atomic E-state index is 8.17. The van der Waals surface area contributed by atoms with Gasteiger partial charge in [-0.25, -0.2) is 0 Å². The molecule has 0 aromatic carbocycles. The molecule has 0 heterocycles. The van der Waals surface area contributed by atoms with Gasteiger partial charge in [-0.3, -0.25) is 0 Å². The van der Waals surface area contributed by atoms with Gasteiger partial charge in [-0.15, -0.1) is 0 Å². The summed E-state index contributed by atoms with van der Waals surface area (Å²) in [5, 5.41) is 46.1. The third kappa shape index (κ3) is 57.4. The zero-order valence-electron chi connectivity index (χ0n) is 9.80. The molecule has 0 atom stereocenters. The van der Waals surface area contributed by atoms with Gasteiger partial charge in [0.15, 0.2) is 0 Å². The van der Waals surface area contributed by atoms with Crippen LogP contribution in [0.3, 0.4) is 0 Å². The second-order valence-corrected chi connectivity index (χ2v) is 2.10. The Labute approximate surface area is 91.4 Å². The molecule has 0 saturated carbocycles. The first kappa shape index (κ1) is 24.1. The van der Waals surface area contributed by atoms with E-state index in [0.717, 1.165) is 27.1 Å². The molecule has 0 saturated heterocycles. The Balaban J connectivity index is -0.0000000610. The van der Waals surface area contributed by atoms with Crippen LogP contribution in [0.5, 0.6) is 0 Å². The van der Waals surface area contributed by atoms with Gasteiger partial charge in [-0.05, 0) is 6.42 Å². The fraction of sp³-hybridized carbons (Fsp3) is 1.00. The summed E-state index contributed by atoms with van der Waals surface area (Å²) in [6, 6.07) is 0. The molecule has 6 nitrogen and oxygen atoms in total. The fourth-order valence-electron chi connectivity index (χ4n) is 0.216. The highest BCUT2D eigenvalue weighted by Crippen LogP contribution is 1.78. The molecule has 0 unspecified atom stereocenters. The minimum Gasteiger partial charge on any atom is -0.400 e. The molecule has 0 amide bonds. The topological polar surface area (TPSA) is 121 Å². The van der Waals surface area contributed by atoms with Crippen molar-refractivity contribution < 1.29 is 30.6 Å². The van der Waals surface area contributed by atoms with E-state index in [-0.39, 0.29) is 13.2 Å². The highest BCUT2D eigenvalue weighted by atomic mass is 16.3. The van der Waals surface area contributed by atoms with Crippen LogP contribution in [0, 0.1) is 0 Å². The van der Waals surface area contributed by atoms with Crippen molar-refractivity contribution in [3.8, 4) is 0 Å². The molecule has 0 radical (unpaired) electrons. The predicted octanol–water partition coefficient (Wildman–Crippen LogP) is -1.67. The highest BCUT2D eigenvalue weighted by Gasteiger charge is 1.93. The first-order chi connectivity index (χ1) is 7.22. The van der Waals surface area contributed by atoms with E-state index in [1.807, 2.05) is 0 Å². The van der Waals surface area contributed by atoms with E-state index in [2.05, 4.69) is 6.92 Å². The third-order valence-electron chi connectivity index (χ3n) is 0.933. The smallest absolute Gasteiger partial charge is 0.100 e. The monoisotopic (exact) mass is 230 g/mol. The van der Waals surface area contributed by atoms with E-state index < -0.39 is 6.10 Å². The van der Waals surface area contributed by atoms with Gasteiger partial charge in [0, 0.05) is 20.8 Å². The maximum Gasteiger partial charge on any atom is 0.100 e. The molecule has 0 aliphatic heterocycles. The number of unbranched alkanes of at least 4 members (excludes halogenated alkanes) is 1. The number of hydrogen-bond acceptors (Lipinski definition) is 6. The molecule has 0 bridgehead atoms. The summed E-state index contributed by atoms with van der Waals surface area (Å²) in [5.41, 5.74) is 0. The van der Waals surface area contributed by atoms with Crippen LogP contribution in [0.1, 0.15) is 19.8 Å². The quantitative estimate of drug-likeness (QED) is 0.343. The molecule has 0 fully saturated rings. The summed E-state index contributed by atoms with van der Waals surface area (Å²) < 4.78 is 0. The van der Waals surface area contributed by atoms with Crippen LogP contribution in [-0.4, -0.2) is 70.8 Å². The van der Waals surface area contributed by atoms with Crippen molar-refractivity contribution in [2.75, 3.05) is 34.0 Å². The van der Waals surface area contributed by atoms with Gasteiger partial charge in [0.1, 0.15) is 6.10 Å². The van der Waals surface area contributed by atoms with Crippen molar-refractivity contribution in [1.29, 1.82) is 0 Å². The Morgan fingerprint density at radius 2 is 1.20 bits per heavy atom. The van der Waals surface area contributed by atoms with E-state index in [4.69, 9.17) is 30.6 Å². The van der Waals surface area contributed by atoms with Crippen molar-refractivity contribution >= 4 is 0 Å². The van der Waals surface area contributed by atoms with Crippen molar-refractivity contribution in [3.63, 3.8) is 0 Å². The van der Waals surface area contributed by atoms with Crippen LogP contribution in [0.4, 0.5) is 0 Å². The van der Waals surface area contributed by atoms with Gasteiger partial charge in [0.2, 0.25) is 0 Å². The summed E-state index contributed by atoms with van der Waals surface area (Å²) in [6.07, 6.45) is 1.08. The highest BCUT2D eigenvalue weighted by molar-refractivity contribution is 4.44. The number of aliphatic hydroxyl groups excluding tert-OH is 6. The summed E-state index contributed by atoms with van der Waals surface area (Å²) in [6.45, 7) is 1.67. The summed E-state index contributed by atoms with van der Waals surface area (Å²) >= 11 is 0. The normalized spacial score (nSPS) is 7.60. The molecular weight excluding hydrogens is 204 g/mol. The van der Waals surface area contributed by atoms with Crippen molar-refractivity contribution in [2.45, 2.75) is 25.9 Å². The lowest BCUT2D eigenvalue weighted by molar-refractivity contribution is 0.0450. The van der Waals surface area contributed by atoms with Crippen molar-refractivity contribution in [2.24, 2.45) is 0 Å². The minimum atomic E-state index is -0.954. The molecule has 6 heteroatoms. The Morgan fingerprint density at radius 1 is 0.867 bits per heavy atom. The first-order valence-corrected chi connectivity index (χ1v) is 4.62. The van der Waals surface area contributed by atoms with Crippen LogP contribution in [0.15, 0.2) is 0 Å². The van der Waals surface area contributed by atoms with Crippen molar-refractivity contribution in [3.05, 3.63) is 0 Å². The van der Waals surface area contributed by atoms with Gasteiger partial charge in [0.25, 0.3) is 0 Å². The van der Waals surface area contributed by atoms with Gasteiger partial charge in [0.05, 0.1) is 13.2 Å². The molecule has 0 aromatic heterocycles. The average molecular weight is 230 g/mol. The Kier molecular flexibility index (Phi) is 59.9. The largest absolute Gasteiger partial charge is 0.400 e. The Morgan fingerprint density at radius 3 is 1.20 bits per heavy atom. The van der Waals surface area contributed by atoms with Crippen LogP contribution in [-0.2, 0) is 0 Å². The predicted molar refractivity (Wildman–Crippen MR) is 58.5 cm³/mol. The minimum absolute atomic E-state index is 0.344. The zero-order valence-corrected chi connectivity index (χ0v) is 9.80. The molecule has 0 rings (SSSR count). The molecule has 98 valence electrons. The van der Waals surface area contributed by atoms with Crippen LogP contribution in [0.25, 0.3) is 0 Å². The summed E-state index contributed by atoms with van der Waals surface area (Å²) in [4.78, 5) is 0. The fourth-order valence-corrected chi connectivity index (χ4v) is 0.216. The molecule has 15 heavy (non-hydrogen) atoms. The first-order valence-electron chi connectivity index (χ1n) is 4.62.